The molecular weight excluding hydrogens is 424 g/mol. The molecule has 0 bridgehead atoms. The lowest BCUT2D eigenvalue weighted by Gasteiger charge is -2.40. The molecule has 1 aliphatic heterocycles. The maximum absolute atomic E-state index is 10.5. The highest BCUT2D eigenvalue weighted by Gasteiger charge is 2.43. The maximum Gasteiger partial charge on any atom is 0.247 e. The van der Waals surface area contributed by atoms with Gasteiger partial charge in [-0.05, 0) is 51.7 Å². The lowest BCUT2D eigenvalue weighted by molar-refractivity contribution is -0.231. The Labute approximate surface area is 189 Å². The molecule has 0 unspecified atom stereocenters. The van der Waals surface area contributed by atoms with Gasteiger partial charge < -0.3 is 29.6 Å². The topological polar surface area (TPSA) is 129 Å². The molecule has 5 atom stereocenters. The monoisotopic (exact) mass is 448 g/mol. The van der Waals surface area contributed by atoms with Crippen LogP contribution in [0.25, 0.3) is 33.4 Å². The van der Waals surface area contributed by atoms with Crippen molar-refractivity contribution in [2.45, 2.75) is 37.4 Å². The van der Waals surface area contributed by atoms with E-state index < -0.39 is 37.1 Å². The SMILES string of the molecule is Cc1nnc(-c2ccc3cc(-c4cccc([C@H]5O[C@H](CO)[C@@H](O)[C@H](O)[C@@H]5O)c4)ccc3c2)o1. The first-order chi connectivity index (χ1) is 15.9. The highest BCUT2D eigenvalue weighted by atomic mass is 16.5. The highest BCUT2D eigenvalue weighted by Crippen LogP contribution is 2.35. The smallest absolute Gasteiger partial charge is 0.247 e. The number of ether oxygens (including phenoxy) is 1. The first-order valence-electron chi connectivity index (χ1n) is 10.7. The Bertz CT molecular complexity index is 1290. The van der Waals surface area contributed by atoms with E-state index in [1.165, 1.54) is 0 Å². The number of rotatable bonds is 4. The van der Waals surface area contributed by atoms with Gasteiger partial charge in [0.15, 0.2) is 0 Å². The molecule has 0 aliphatic carbocycles. The molecule has 1 aliphatic rings. The number of aryl methyl sites for hydroxylation is 1. The van der Waals surface area contributed by atoms with E-state index >= 15 is 0 Å². The van der Waals surface area contributed by atoms with Gasteiger partial charge in [-0.2, -0.15) is 0 Å². The van der Waals surface area contributed by atoms with Crippen LogP contribution in [0.5, 0.6) is 0 Å². The van der Waals surface area contributed by atoms with E-state index in [0.29, 0.717) is 17.3 Å². The first-order valence-corrected chi connectivity index (χ1v) is 10.7. The van der Waals surface area contributed by atoms with Crippen molar-refractivity contribution < 1.29 is 29.6 Å². The van der Waals surface area contributed by atoms with Gasteiger partial charge in [0.1, 0.15) is 30.5 Å². The van der Waals surface area contributed by atoms with Crippen LogP contribution in [0.15, 0.2) is 65.1 Å². The third-order valence-electron chi connectivity index (χ3n) is 6.05. The number of aliphatic hydroxyl groups excluding tert-OH is 4. The van der Waals surface area contributed by atoms with Crippen LogP contribution < -0.4 is 0 Å². The van der Waals surface area contributed by atoms with Crippen molar-refractivity contribution in [1.82, 2.24) is 10.2 Å². The Hall–Kier alpha value is -3.14. The van der Waals surface area contributed by atoms with E-state index in [4.69, 9.17) is 9.15 Å². The van der Waals surface area contributed by atoms with E-state index in [9.17, 15) is 20.4 Å². The number of fused-ring (bicyclic) bond motifs is 1. The minimum Gasteiger partial charge on any atom is -0.421 e. The van der Waals surface area contributed by atoms with Crippen molar-refractivity contribution in [1.29, 1.82) is 0 Å². The third-order valence-corrected chi connectivity index (χ3v) is 6.05. The molecule has 33 heavy (non-hydrogen) atoms. The predicted molar refractivity (Wildman–Crippen MR) is 120 cm³/mol. The summed E-state index contributed by atoms with van der Waals surface area (Å²) in [6, 6.07) is 19.5. The van der Waals surface area contributed by atoms with Gasteiger partial charge in [-0.15, -0.1) is 10.2 Å². The predicted octanol–water partition coefficient (Wildman–Crippen LogP) is 2.38. The Morgan fingerprint density at radius 1 is 0.788 bits per heavy atom. The van der Waals surface area contributed by atoms with Crippen LogP contribution in [0.2, 0.25) is 0 Å². The van der Waals surface area contributed by atoms with Crippen molar-refractivity contribution in [2.24, 2.45) is 0 Å². The Balaban J connectivity index is 1.46. The van der Waals surface area contributed by atoms with Gasteiger partial charge in [-0.1, -0.05) is 36.4 Å². The van der Waals surface area contributed by atoms with E-state index in [1.54, 1.807) is 13.0 Å². The zero-order valence-electron chi connectivity index (χ0n) is 17.9. The Kier molecular flexibility index (Phi) is 5.69. The Morgan fingerprint density at radius 3 is 2.18 bits per heavy atom. The van der Waals surface area contributed by atoms with Crippen molar-refractivity contribution in [3.8, 4) is 22.6 Å². The van der Waals surface area contributed by atoms with Crippen LogP contribution >= 0.6 is 0 Å². The van der Waals surface area contributed by atoms with Gasteiger partial charge in [-0.25, -0.2) is 0 Å². The van der Waals surface area contributed by atoms with Gasteiger partial charge >= 0.3 is 0 Å². The molecule has 0 radical (unpaired) electrons. The second kappa shape index (κ2) is 8.66. The first kappa shape index (κ1) is 21.7. The number of benzene rings is 3. The van der Waals surface area contributed by atoms with E-state index in [2.05, 4.69) is 16.3 Å². The molecule has 2 heterocycles. The van der Waals surface area contributed by atoms with Gasteiger partial charge in [-0.3, -0.25) is 0 Å². The number of aromatic nitrogens is 2. The fraction of sp³-hybridized carbons (Fsp3) is 0.280. The largest absolute Gasteiger partial charge is 0.421 e. The van der Waals surface area contributed by atoms with Crippen molar-refractivity contribution in [2.75, 3.05) is 6.61 Å². The van der Waals surface area contributed by atoms with Crippen LogP contribution in [0.3, 0.4) is 0 Å². The molecule has 5 rings (SSSR count). The number of nitrogens with zero attached hydrogens (tertiary/aromatic N) is 2. The fourth-order valence-electron chi connectivity index (χ4n) is 4.24. The van der Waals surface area contributed by atoms with Gasteiger partial charge in [0.05, 0.1) is 6.61 Å². The molecule has 8 nitrogen and oxygen atoms in total. The van der Waals surface area contributed by atoms with Gasteiger partial charge in [0, 0.05) is 12.5 Å². The second-order valence-electron chi connectivity index (χ2n) is 8.28. The molecule has 1 saturated heterocycles. The quantitative estimate of drug-likeness (QED) is 0.375. The van der Waals surface area contributed by atoms with Crippen LogP contribution in [0.4, 0.5) is 0 Å². The van der Waals surface area contributed by atoms with Crippen molar-refractivity contribution in [3.63, 3.8) is 0 Å². The molecule has 3 aromatic carbocycles. The van der Waals surface area contributed by atoms with Crippen LogP contribution in [-0.4, -0.2) is 61.6 Å². The minimum atomic E-state index is -1.41. The summed E-state index contributed by atoms with van der Waals surface area (Å²) in [5.41, 5.74) is 3.37. The molecule has 170 valence electrons. The van der Waals surface area contributed by atoms with Crippen LogP contribution in [-0.2, 0) is 4.74 Å². The fourth-order valence-corrected chi connectivity index (χ4v) is 4.24. The minimum absolute atomic E-state index is 0.461. The van der Waals surface area contributed by atoms with Crippen molar-refractivity contribution >= 4 is 10.8 Å². The zero-order chi connectivity index (χ0) is 23.1. The zero-order valence-corrected chi connectivity index (χ0v) is 17.9. The lowest BCUT2D eigenvalue weighted by atomic mass is 9.90. The summed E-state index contributed by atoms with van der Waals surface area (Å²) in [6.45, 7) is 1.29. The molecule has 8 heteroatoms. The molecular formula is C25H24N2O6. The van der Waals surface area contributed by atoms with Gasteiger partial charge in [0.2, 0.25) is 11.8 Å². The maximum atomic E-state index is 10.5. The van der Waals surface area contributed by atoms with Crippen LogP contribution in [0, 0.1) is 6.92 Å². The standard InChI is InChI=1S/C25H24N2O6/c1-13-26-27-25(32-13)19-8-7-16-9-15(5-6-17(16)11-19)14-3-2-4-18(10-14)24-23(31)22(30)21(29)20(12-28)33-24/h2-11,20-24,28-31H,12H2,1H3/t20-,21-,22+,23+,24-/m1/s1. The molecule has 0 spiro atoms. The summed E-state index contributed by atoms with van der Waals surface area (Å²) in [4.78, 5) is 0. The third kappa shape index (κ3) is 4.03. The second-order valence-corrected chi connectivity index (χ2v) is 8.28. The summed E-state index contributed by atoms with van der Waals surface area (Å²) in [5, 5.41) is 50.1. The summed E-state index contributed by atoms with van der Waals surface area (Å²) >= 11 is 0. The molecule has 4 N–H and O–H groups in total. The van der Waals surface area contributed by atoms with Crippen LogP contribution in [0.1, 0.15) is 17.6 Å². The average molecular weight is 448 g/mol. The normalized spacial score (nSPS) is 25.4. The van der Waals surface area contributed by atoms with E-state index in [0.717, 1.165) is 27.5 Å². The number of hydrogen-bond acceptors (Lipinski definition) is 8. The average Bonchev–Trinajstić information content (AvgIpc) is 3.28. The molecule has 4 aromatic rings. The van der Waals surface area contributed by atoms with E-state index in [-0.39, 0.29) is 0 Å². The molecule has 0 amide bonds. The summed E-state index contributed by atoms with van der Waals surface area (Å²) in [5.74, 6) is 0.991. The molecule has 0 saturated carbocycles. The number of aliphatic hydroxyl groups is 4. The lowest BCUT2D eigenvalue weighted by Crippen LogP contribution is -2.55. The molecule has 1 aromatic heterocycles. The van der Waals surface area contributed by atoms with E-state index in [1.807, 2.05) is 48.5 Å². The van der Waals surface area contributed by atoms with Crippen molar-refractivity contribution in [3.05, 3.63) is 72.1 Å². The molecule has 1 fully saturated rings. The number of hydrogen-bond donors (Lipinski definition) is 4. The Morgan fingerprint density at radius 2 is 1.48 bits per heavy atom. The van der Waals surface area contributed by atoms with Gasteiger partial charge in [0.25, 0.3) is 0 Å². The summed E-state index contributed by atoms with van der Waals surface area (Å²) in [6.07, 6.45) is -5.94. The summed E-state index contributed by atoms with van der Waals surface area (Å²) < 4.78 is 11.2. The summed E-state index contributed by atoms with van der Waals surface area (Å²) in [7, 11) is 0. The highest BCUT2D eigenvalue weighted by molar-refractivity contribution is 5.90.